The van der Waals surface area contributed by atoms with E-state index in [9.17, 15) is 14.9 Å². The number of nitro groups is 1. The average molecular weight is 502 g/mol. The van der Waals surface area contributed by atoms with Crippen molar-refractivity contribution in [1.82, 2.24) is 4.98 Å². The van der Waals surface area contributed by atoms with E-state index in [1.54, 1.807) is 42.8 Å². The molecule has 0 aliphatic heterocycles. The van der Waals surface area contributed by atoms with Crippen LogP contribution in [-0.4, -0.2) is 22.9 Å². The van der Waals surface area contributed by atoms with Crippen molar-refractivity contribution in [3.8, 4) is 22.8 Å². The summed E-state index contributed by atoms with van der Waals surface area (Å²) in [6.45, 7) is 2.46. The number of carbonyl (C=O) groups excluding carboxylic acids is 1. The molecule has 1 heterocycles. The quantitative estimate of drug-likeness (QED) is 0.165. The fraction of sp³-hybridized carbons (Fsp3) is 0.111. The molecule has 4 rings (SSSR count). The minimum Gasteiger partial charge on any atom is -0.493 e. The van der Waals surface area contributed by atoms with E-state index < -0.39 is 4.92 Å². The lowest BCUT2D eigenvalue weighted by Crippen LogP contribution is -2.07. The van der Waals surface area contributed by atoms with Crippen molar-refractivity contribution in [2.75, 3.05) is 12.4 Å². The number of ether oxygens (including phenoxy) is 2. The second-order valence-corrected chi connectivity index (χ2v) is 8.65. The molecule has 0 fully saturated rings. The lowest BCUT2D eigenvalue weighted by molar-refractivity contribution is -0.384. The molecule has 1 aromatic heterocycles. The Morgan fingerprint density at radius 1 is 1.11 bits per heavy atom. The van der Waals surface area contributed by atoms with Crippen LogP contribution in [-0.2, 0) is 11.4 Å². The molecule has 182 valence electrons. The Morgan fingerprint density at radius 3 is 2.72 bits per heavy atom. The lowest BCUT2D eigenvalue weighted by Gasteiger charge is -2.12. The largest absolute Gasteiger partial charge is 0.493 e. The van der Waals surface area contributed by atoms with Gasteiger partial charge in [0.15, 0.2) is 16.6 Å². The number of nitro benzene ring substituents is 1. The van der Waals surface area contributed by atoms with E-state index in [4.69, 9.17) is 9.47 Å². The normalized spacial score (nSPS) is 10.8. The monoisotopic (exact) mass is 501 g/mol. The Bertz CT molecular complexity index is 1430. The number of aromatic nitrogens is 1. The standard InChI is InChI=1S/C27H23N3O5S/c1-18-6-3-4-7-21(18)16-35-24-12-10-19(14-25(24)34-2)11-13-26(31)29-27-28-23(17-36-27)20-8-5-9-22(15-20)30(32)33/h3-15,17H,16H2,1-2H3,(H,28,29,31)/b13-11+. The van der Waals surface area contributed by atoms with Crippen LogP contribution in [0.3, 0.4) is 0 Å². The van der Waals surface area contributed by atoms with Crippen molar-refractivity contribution in [3.63, 3.8) is 0 Å². The highest BCUT2D eigenvalue weighted by atomic mass is 32.1. The van der Waals surface area contributed by atoms with E-state index in [0.717, 1.165) is 16.7 Å². The van der Waals surface area contributed by atoms with Crippen molar-refractivity contribution in [2.24, 2.45) is 0 Å². The number of non-ortho nitro benzene ring substituents is 1. The van der Waals surface area contributed by atoms with E-state index in [2.05, 4.69) is 10.3 Å². The van der Waals surface area contributed by atoms with Crippen LogP contribution in [0.15, 0.2) is 78.2 Å². The summed E-state index contributed by atoms with van der Waals surface area (Å²) >= 11 is 1.24. The number of amides is 1. The number of methoxy groups -OCH3 is 1. The minimum absolute atomic E-state index is 0.0176. The summed E-state index contributed by atoms with van der Waals surface area (Å²) in [7, 11) is 1.57. The third-order valence-corrected chi connectivity index (χ3v) is 6.10. The molecule has 9 heteroatoms. The van der Waals surface area contributed by atoms with Gasteiger partial charge in [-0.05, 0) is 41.8 Å². The third-order valence-electron chi connectivity index (χ3n) is 5.35. The number of rotatable bonds is 9. The molecule has 3 aromatic carbocycles. The summed E-state index contributed by atoms with van der Waals surface area (Å²) < 4.78 is 11.4. The summed E-state index contributed by atoms with van der Waals surface area (Å²) in [6, 6.07) is 19.6. The molecule has 0 bridgehead atoms. The van der Waals surface area contributed by atoms with Gasteiger partial charge in [0.1, 0.15) is 6.61 Å². The van der Waals surface area contributed by atoms with Crippen molar-refractivity contribution in [1.29, 1.82) is 0 Å². The third kappa shape index (κ3) is 6.13. The van der Waals surface area contributed by atoms with Gasteiger partial charge in [-0.3, -0.25) is 20.2 Å². The van der Waals surface area contributed by atoms with Gasteiger partial charge in [-0.1, -0.05) is 42.5 Å². The zero-order valence-corrected chi connectivity index (χ0v) is 20.5. The predicted molar refractivity (Wildman–Crippen MR) is 140 cm³/mol. The number of thiazole rings is 1. The van der Waals surface area contributed by atoms with Crippen LogP contribution in [0.4, 0.5) is 10.8 Å². The Labute approximate surface area is 212 Å². The van der Waals surface area contributed by atoms with Gasteiger partial charge in [0, 0.05) is 29.2 Å². The first-order chi connectivity index (χ1) is 17.4. The molecule has 8 nitrogen and oxygen atoms in total. The molecule has 36 heavy (non-hydrogen) atoms. The molecule has 0 radical (unpaired) electrons. The average Bonchev–Trinajstić information content (AvgIpc) is 3.35. The Morgan fingerprint density at radius 2 is 1.94 bits per heavy atom. The highest BCUT2D eigenvalue weighted by Crippen LogP contribution is 2.30. The van der Waals surface area contributed by atoms with Crippen LogP contribution in [0.2, 0.25) is 0 Å². The minimum atomic E-state index is -0.457. The summed E-state index contributed by atoms with van der Waals surface area (Å²) in [4.78, 5) is 27.3. The zero-order chi connectivity index (χ0) is 25.5. The maximum atomic E-state index is 12.4. The molecule has 4 aromatic rings. The van der Waals surface area contributed by atoms with Gasteiger partial charge in [-0.15, -0.1) is 11.3 Å². The summed E-state index contributed by atoms with van der Waals surface area (Å²) in [5.41, 5.74) is 4.15. The van der Waals surface area contributed by atoms with E-state index in [1.807, 2.05) is 37.3 Å². The maximum absolute atomic E-state index is 12.4. The van der Waals surface area contributed by atoms with Crippen LogP contribution in [0.5, 0.6) is 11.5 Å². The number of hydrogen-bond acceptors (Lipinski definition) is 7. The molecule has 1 N–H and O–H groups in total. The molecule has 1 amide bonds. The second kappa shape index (κ2) is 11.3. The molecule has 0 aliphatic carbocycles. The second-order valence-electron chi connectivity index (χ2n) is 7.79. The topological polar surface area (TPSA) is 104 Å². The number of nitrogens with one attached hydrogen (secondary N) is 1. The van der Waals surface area contributed by atoms with Crippen molar-refractivity contribution in [2.45, 2.75) is 13.5 Å². The highest BCUT2D eigenvalue weighted by Gasteiger charge is 2.11. The predicted octanol–water partition coefficient (Wildman–Crippen LogP) is 6.27. The van der Waals surface area contributed by atoms with E-state index in [-0.39, 0.29) is 11.6 Å². The fourth-order valence-corrected chi connectivity index (χ4v) is 4.12. The van der Waals surface area contributed by atoms with Crippen molar-refractivity contribution in [3.05, 3.63) is 105 Å². The number of benzene rings is 3. The van der Waals surface area contributed by atoms with Crippen LogP contribution in [0.1, 0.15) is 16.7 Å². The van der Waals surface area contributed by atoms with Gasteiger partial charge in [0.05, 0.1) is 17.7 Å². The first kappa shape index (κ1) is 24.6. The van der Waals surface area contributed by atoms with Crippen molar-refractivity contribution >= 4 is 34.1 Å². The van der Waals surface area contributed by atoms with Gasteiger partial charge in [-0.25, -0.2) is 4.98 Å². The first-order valence-electron chi connectivity index (χ1n) is 11.0. The van der Waals surface area contributed by atoms with Crippen LogP contribution >= 0.6 is 11.3 Å². The SMILES string of the molecule is COc1cc(/C=C/C(=O)Nc2nc(-c3cccc([N+](=O)[O-])c3)cs2)ccc1OCc1ccccc1C. The molecule has 0 spiro atoms. The van der Waals surface area contributed by atoms with Crippen LogP contribution in [0.25, 0.3) is 17.3 Å². The number of nitrogens with zero attached hydrogens (tertiary/aromatic N) is 2. The summed E-state index contributed by atoms with van der Waals surface area (Å²) in [5.74, 6) is 0.820. The molecule has 0 unspecified atom stereocenters. The van der Waals surface area contributed by atoms with Gasteiger partial charge >= 0.3 is 0 Å². The Hall–Kier alpha value is -4.50. The van der Waals surface area contributed by atoms with Gasteiger partial charge < -0.3 is 9.47 Å². The Balaban J connectivity index is 1.38. The Kier molecular flexibility index (Phi) is 7.72. The lowest BCUT2D eigenvalue weighted by atomic mass is 10.1. The first-order valence-corrected chi connectivity index (χ1v) is 11.9. The number of aryl methyl sites for hydroxylation is 1. The highest BCUT2D eigenvalue weighted by molar-refractivity contribution is 7.14. The van der Waals surface area contributed by atoms with Crippen molar-refractivity contribution < 1.29 is 19.2 Å². The van der Waals surface area contributed by atoms with Gasteiger partial charge in [-0.2, -0.15) is 0 Å². The smallest absolute Gasteiger partial charge is 0.270 e. The molecule has 0 atom stereocenters. The summed E-state index contributed by atoms with van der Waals surface area (Å²) in [5, 5.41) is 15.8. The van der Waals surface area contributed by atoms with Crippen LogP contribution in [0, 0.1) is 17.0 Å². The van der Waals surface area contributed by atoms with E-state index in [1.165, 1.54) is 29.5 Å². The number of anilines is 1. The van der Waals surface area contributed by atoms with E-state index >= 15 is 0 Å². The summed E-state index contributed by atoms with van der Waals surface area (Å²) in [6.07, 6.45) is 3.06. The number of hydrogen-bond donors (Lipinski definition) is 1. The molecule has 0 aliphatic rings. The molecule has 0 saturated carbocycles. The maximum Gasteiger partial charge on any atom is 0.270 e. The van der Waals surface area contributed by atoms with Crippen LogP contribution < -0.4 is 14.8 Å². The molecular formula is C27H23N3O5S. The molecular weight excluding hydrogens is 478 g/mol. The fourth-order valence-electron chi connectivity index (χ4n) is 3.40. The molecule has 0 saturated heterocycles. The number of carbonyl (C=O) groups is 1. The van der Waals surface area contributed by atoms with Gasteiger partial charge in [0.2, 0.25) is 5.91 Å². The zero-order valence-electron chi connectivity index (χ0n) is 19.6. The van der Waals surface area contributed by atoms with E-state index in [0.29, 0.717) is 34.5 Å². The van der Waals surface area contributed by atoms with Gasteiger partial charge in [0.25, 0.3) is 5.69 Å².